The van der Waals surface area contributed by atoms with Crippen LogP contribution in [0.4, 0.5) is 34.1 Å². The van der Waals surface area contributed by atoms with Crippen molar-refractivity contribution in [2.75, 3.05) is 9.80 Å². The molecule has 9 aromatic carbocycles. The van der Waals surface area contributed by atoms with Crippen LogP contribution in [0.1, 0.15) is 52.7 Å². The highest BCUT2D eigenvalue weighted by atomic mass is 15.2. The lowest BCUT2D eigenvalue weighted by molar-refractivity contribution is 0.590. The first-order valence-corrected chi connectivity index (χ1v) is 24.1. The van der Waals surface area contributed by atoms with Gasteiger partial charge in [-0.1, -0.05) is 228 Å². The molecule has 0 atom stereocenters. The number of fused-ring (bicyclic) bond motifs is 8. The Morgan fingerprint density at radius 1 is 0.299 bits per heavy atom. The number of anilines is 6. The molecule has 4 aliphatic rings. The predicted molar refractivity (Wildman–Crippen MR) is 291 cm³/mol. The average Bonchev–Trinajstić information content (AvgIpc) is 3.35. The molecule has 0 N–H and O–H groups in total. The van der Waals surface area contributed by atoms with Gasteiger partial charge in [-0.3, -0.25) is 0 Å². The lowest BCUT2D eigenvalue weighted by Gasteiger charge is -2.50. The fourth-order valence-electron chi connectivity index (χ4n) is 12.1. The number of hydrogen-bond acceptors (Lipinski definition) is 2. The highest BCUT2D eigenvalue weighted by molar-refractivity contribution is 7.05. The summed E-state index contributed by atoms with van der Waals surface area (Å²) in [6, 6.07) is 76.8. The second-order valence-electron chi connectivity index (χ2n) is 21.3. The van der Waals surface area contributed by atoms with Crippen LogP contribution in [0, 0.1) is 0 Å². The zero-order valence-corrected chi connectivity index (χ0v) is 39.2. The number of benzene rings is 9. The minimum Gasteiger partial charge on any atom is -0.312 e. The molecule has 2 nitrogen and oxygen atoms in total. The molecule has 0 amide bonds. The van der Waals surface area contributed by atoms with Crippen molar-refractivity contribution in [3.05, 3.63) is 211 Å². The Hall–Kier alpha value is -7.23. The van der Waals surface area contributed by atoms with E-state index >= 15 is 0 Å². The SMILES string of the molecule is CC(C)(C)c1ccc(B2c3ccccc3N3c4cc(-c5ccccc5)cc5c4B(c4cccc2c43)c2cc(-c3ccccc3)cc3c2N5c2ccccc2B3c2ccc(C(C)(C)C)cc2)cc1. The summed E-state index contributed by atoms with van der Waals surface area (Å²) in [7, 11) is 0. The Balaban J connectivity index is 1.14. The highest BCUT2D eigenvalue weighted by Gasteiger charge is 2.50. The summed E-state index contributed by atoms with van der Waals surface area (Å²) < 4.78 is 0. The summed E-state index contributed by atoms with van der Waals surface area (Å²) in [6.07, 6.45) is 0. The summed E-state index contributed by atoms with van der Waals surface area (Å²) in [6.45, 7) is 13.9. The van der Waals surface area contributed by atoms with E-state index in [1.165, 1.54) is 117 Å². The third-order valence-corrected chi connectivity index (χ3v) is 15.3. The smallest absolute Gasteiger partial charge is 0.252 e. The quantitative estimate of drug-likeness (QED) is 0.163. The number of hydrogen-bond donors (Lipinski definition) is 0. The van der Waals surface area contributed by atoms with Gasteiger partial charge in [-0.15, -0.1) is 0 Å². The van der Waals surface area contributed by atoms with Gasteiger partial charge in [0.05, 0.1) is 0 Å². The summed E-state index contributed by atoms with van der Waals surface area (Å²) in [5, 5.41) is 0. The molecule has 13 rings (SSSR count). The molecular weight excluding hydrogens is 805 g/mol. The maximum absolute atomic E-state index is 2.65. The van der Waals surface area contributed by atoms with Gasteiger partial charge in [0.25, 0.3) is 6.71 Å². The first-order chi connectivity index (χ1) is 32.5. The topological polar surface area (TPSA) is 6.48 Å². The fraction of sp³-hybridized carbons (Fsp3) is 0.129. The molecule has 0 radical (unpaired) electrons. The molecule has 9 aromatic rings. The average molecular weight is 857 g/mol. The van der Waals surface area contributed by atoms with E-state index in [9.17, 15) is 0 Å². The summed E-state index contributed by atoms with van der Waals surface area (Å²) in [4.78, 5) is 5.30. The van der Waals surface area contributed by atoms with Gasteiger partial charge in [-0.2, -0.15) is 0 Å². The van der Waals surface area contributed by atoms with Gasteiger partial charge in [-0.25, -0.2) is 0 Å². The monoisotopic (exact) mass is 856 g/mol. The van der Waals surface area contributed by atoms with E-state index in [1.54, 1.807) is 0 Å². The van der Waals surface area contributed by atoms with E-state index < -0.39 is 0 Å². The molecule has 5 heteroatoms. The van der Waals surface area contributed by atoms with Crippen LogP contribution in [-0.4, -0.2) is 20.1 Å². The Morgan fingerprint density at radius 2 is 0.672 bits per heavy atom. The van der Waals surface area contributed by atoms with Gasteiger partial charge >= 0.3 is 0 Å². The fourth-order valence-corrected chi connectivity index (χ4v) is 12.1. The van der Waals surface area contributed by atoms with Gasteiger partial charge in [0.1, 0.15) is 0 Å². The lowest BCUT2D eigenvalue weighted by atomic mass is 9.28. The van der Waals surface area contributed by atoms with Gasteiger partial charge in [0.2, 0.25) is 13.4 Å². The highest BCUT2D eigenvalue weighted by Crippen LogP contribution is 2.47. The molecule has 0 fully saturated rings. The maximum atomic E-state index is 2.65. The molecule has 0 aromatic heterocycles. The predicted octanol–water partition coefficient (Wildman–Crippen LogP) is 9.36. The van der Waals surface area contributed by atoms with Crippen LogP contribution in [0.3, 0.4) is 0 Å². The van der Waals surface area contributed by atoms with Crippen LogP contribution in [0.2, 0.25) is 0 Å². The van der Waals surface area contributed by atoms with Crippen molar-refractivity contribution in [1.82, 2.24) is 0 Å². The van der Waals surface area contributed by atoms with Crippen LogP contribution in [0.5, 0.6) is 0 Å². The Bertz CT molecular complexity index is 3420. The van der Waals surface area contributed by atoms with Gasteiger partial charge in [0.15, 0.2) is 0 Å². The molecule has 0 saturated carbocycles. The molecular formula is C62H51B3N2. The van der Waals surface area contributed by atoms with Gasteiger partial charge in [-0.05, 0) is 107 Å². The maximum Gasteiger partial charge on any atom is 0.252 e. The standard InChI is InChI=1S/C62H51B3N2/c1-61(2,3)44-28-32-46(33-29-44)63-48-22-13-15-26-54(48)66-56-38-43(41-20-11-8-12-21-41)39-57-58(56)65(51-25-17-24-50(63)59(51)66)53-37-42(40-18-9-7-10-19-40)36-52-60(53)67(57)55-27-16-14-23-49(55)64(52)47-34-30-45(31-35-47)62(4,5)6/h7-39H,1-6H3. The molecule has 0 bridgehead atoms. The largest absolute Gasteiger partial charge is 0.312 e. The van der Waals surface area contributed by atoms with E-state index in [4.69, 9.17) is 0 Å². The van der Waals surface area contributed by atoms with Crippen LogP contribution in [-0.2, 0) is 10.8 Å². The molecule has 67 heavy (non-hydrogen) atoms. The molecule has 318 valence electrons. The lowest BCUT2D eigenvalue weighted by Crippen LogP contribution is -2.69. The van der Waals surface area contributed by atoms with Crippen molar-refractivity contribution in [2.45, 2.75) is 52.4 Å². The first kappa shape index (κ1) is 40.1. The van der Waals surface area contributed by atoms with Crippen LogP contribution in [0.15, 0.2) is 200 Å². The molecule has 4 aliphatic heterocycles. The van der Waals surface area contributed by atoms with Crippen molar-refractivity contribution in [2.24, 2.45) is 0 Å². The van der Waals surface area contributed by atoms with Gasteiger partial charge in [0, 0.05) is 34.1 Å². The van der Waals surface area contributed by atoms with Crippen LogP contribution in [0.25, 0.3) is 22.3 Å². The van der Waals surface area contributed by atoms with E-state index in [1.807, 2.05) is 0 Å². The number of rotatable bonds is 4. The van der Waals surface area contributed by atoms with Crippen molar-refractivity contribution >= 4 is 103 Å². The summed E-state index contributed by atoms with van der Waals surface area (Å²) in [5.41, 5.74) is 27.5. The molecule has 0 aliphatic carbocycles. The minimum absolute atomic E-state index is 0.0157. The number of para-hydroxylation sites is 3. The normalized spacial score (nSPS) is 14.0. The zero-order chi connectivity index (χ0) is 45.3. The molecule has 0 spiro atoms. The molecule has 0 saturated heterocycles. The summed E-state index contributed by atoms with van der Waals surface area (Å²) in [5.74, 6) is 0. The third kappa shape index (κ3) is 6.06. The molecule has 0 unspecified atom stereocenters. The van der Waals surface area contributed by atoms with E-state index in [-0.39, 0.29) is 31.0 Å². The van der Waals surface area contributed by atoms with Crippen molar-refractivity contribution in [3.8, 4) is 22.3 Å². The second kappa shape index (κ2) is 14.6. The van der Waals surface area contributed by atoms with E-state index in [0.29, 0.717) is 0 Å². The number of nitrogens with zero attached hydrogens (tertiary/aromatic N) is 2. The molecule has 4 heterocycles. The van der Waals surface area contributed by atoms with Crippen molar-refractivity contribution < 1.29 is 0 Å². The summed E-state index contributed by atoms with van der Waals surface area (Å²) >= 11 is 0. The third-order valence-electron chi connectivity index (χ3n) is 15.3. The van der Waals surface area contributed by atoms with E-state index in [2.05, 4.69) is 252 Å². The van der Waals surface area contributed by atoms with Crippen LogP contribution < -0.4 is 59.0 Å². The zero-order valence-electron chi connectivity index (χ0n) is 39.2. The van der Waals surface area contributed by atoms with Crippen molar-refractivity contribution in [3.63, 3.8) is 0 Å². The van der Waals surface area contributed by atoms with Crippen LogP contribution >= 0.6 is 0 Å². The Kier molecular flexibility index (Phi) is 8.76. The second-order valence-corrected chi connectivity index (χ2v) is 21.3. The van der Waals surface area contributed by atoms with Crippen molar-refractivity contribution in [1.29, 1.82) is 0 Å². The Morgan fingerprint density at radius 3 is 1.15 bits per heavy atom. The Labute approximate surface area is 397 Å². The first-order valence-electron chi connectivity index (χ1n) is 24.1. The minimum atomic E-state index is -0.0157. The van der Waals surface area contributed by atoms with E-state index in [0.717, 1.165) is 0 Å². The van der Waals surface area contributed by atoms with Gasteiger partial charge < -0.3 is 9.80 Å².